The minimum Gasteiger partial charge on any atom is -0.233 e. The molecule has 0 saturated heterocycles. The van der Waals surface area contributed by atoms with Gasteiger partial charge in [0, 0.05) is 18.4 Å². The van der Waals surface area contributed by atoms with Crippen molar-refractivity contribution in [2.75, 3.05) is 6.54 Å². The van der Waals surface area contributed by atoms with Gasteiger partial charge in [-0.1, -0.05) is 24.6 Å². The zero-order valence-corrected chi connectivity index (χ0v) is 13.0. The molecule has 0 unspecified atom stereocenters. The number of benzene rings is 1. The summed E-state index contributed by atoms with van der Waals surface area (Å²) in [6.45, 7) is 3.38. The molecule has 2 rings (SSSR count). The topological polar surface area (TPSA) is 95.2 Å². The maximum atomic E-state index is 8.49. The van der Waals surface area contributed by atoms with Gasteiger partial charge in [-0.25, -0.2) is 23.2 Å². The quantitative estimate of drug-likeness (QED) is 0.512. The Bertz CT molecular complexity index is 419. The highest BCUT2D eigenvalue weighted by molar-refractivity contribution is 5.75. The third-order valence-corrected chi connectivity index (χ3v) is 3.52. The average molecular weight is 316 g/mol. The van der Waals surface area contributed by atoms with Crippen molar-refractivity contribution in [1.29, 1.82) is 0 Å². The summed E-state index contributed by atoms with van der Waals surface area (Å²) in [6.07, 6.45) is 9.32. The van der Waals surface area contributed by atoms with Crippen molar-refractivity contribution in [3.05, 3.63) is 35.9 Å². The Morgan fingerprint density at radius 2 is 1.57 bits per heavy atom. The standard InChI is InChI=1S/C15H22N.ClHO4/c1-2-16(15-11-7-4-8-12-15)13-14-9-5-3-6-10-14;2-1(3,4)5/h3,5-6,9-10,13,15H,2,4,7-8,11-12H2,1H3;(H,2,3,4,5)/q+1;/p-1. The van der Waals surface area contributed by atoms with E-state index in [4.69, 9.17) is 18.6 Å². The van der Waals surface area contributed by atoms with Crippen LogP contribution in [-0.2, 0) is 0 Å². The van der Waals surface area contributed by atoms with Crippen molar-refractivity contribution in [2.24, 2.45) is 0 Å². The lowest BCUT2D eigenvalue weighted by atomic mass is 9.95. The van der Waals surface area contributed by atoms with Crippen LogP contribution in [0.15, 0.2) is 30.3 Å². The van der Waals surface area contributed by atoms with Crippen molar-refractivity contribution in [2.45, 2.75) is 45.1 Å². The molecule has 0 amide bonds. The number of nitrogens with zero attached hydrogens (tertiary/aromatic N) is 1. The van der Waals surface area contributed by atoms with Gasteiger partial charge in [0.25, 0.3) is 0 Å². The maximum absolute atomic E-state index is 8.49. The van der Waals surface area contributed by atoms with Gasteiger partial charge >= 0.3 is 0 Å². The fourth-order valence-corrected chi connectivity index (χ4v) is 2.60. The van der Waals surface area contributed by atoms with Gasteiger partial charge in [0.2, 0.25) is 0 Å². The van der Waals surface area contributed by atoms with E-state index >= 15 is 0 Å². The number of hydrogen-bond donors (Lipinski definition) is 0. The lowest BCUT2D eigenvalue weighted by Crippen LogP contribution is -2.68. The molecule has 0 aliphatic heterocycles. The average Bonchev–Trinajstić information content (AvgIpc) is 2.45. The highest BCUT2D eigenvalue weighted by Crippen LogP contribution is 2.20. The van der Waals surface area contributed by atoms with E-state index in [9.17, 15) is 0 Å². The summed E-state index contributed by atoms with van der Waals surface area (Å²) in [5.74, 6) is 0. The van der Waals surface area contributed by atoms with E-state index in [1.165, 1.54) is 37.7 Å². The molecule has 6 heteroatoms. The SMILES string of the molecule is CC[N+](=Cc1ccccc1)C1CCCCC1.[O-][Cl+3]([O-])([O-])[O-]. The van der Waals surface area contributed by atoms with Gasteiger partial charge in [-0.15, -0.1) is 10.2 Å². The van der Waals surface area contributed by atoms with Crippen LogP contribution in [0.5, 0.6) is 0 Å². The Hall–Kier alpha value is -0.980. The Morgan fingerprint density at radius 1 is 1.05 bits per heavy atom. The third-order valence-electron chi connectivity index (χ3n) is 3.52. The summed E-state index contributed by atoms with van der Waals surface area (Å²) in [5.41, 5.74) is 1.33. The van der Waals surface area contributed by atoms with Gasteiger partial charge in [-0.2, -0.15) is 0 Å². The molecule has 1 saturated carbocycles. The van der Waals surface area contributed by atoms with E-state index in [0.717, 1.165) is 12.6 Å². The van der Waals surface area contributed by atoms with Crippen LogP contribution in [0.3, 0.4) is 0 Å². The molecule has 1 aromatic rings. The predicted molar refractivity (Wildman–Crippen MR) is 69.3 cm³/mol. The van der Waals surface area contributed by atoms with E-state index in [2.05, 4.69) is 48.0 Å². The zero-order chi connectivity index (χ0) is 15.7. The van der Waals surface area contributed by atoms with E-state index < -0.39 is 10.2 Å². The van der Waals surface area contributed by atoms with Gasteiger partial charge in [0.1, 0.15) is 6.54 Å². The normalized spacial score (nSPS) is 17.1. The van der Waals surface area contributed by atoms with Gasteiger partial charge in [0.15, 0.2) is 12.3 Å². The molecular formula is C15H22ClNO4. The van der Waals surface area contributed by atoms with Crippen LogP contribution in [0.1, 0.15) is 44.6 Å². The third kappa shape index (κ3) is 8.80. The van der Waals surface area contributed by atoms with Crippen molar-refractivity contribution in [3.63, 3.8) is 0 Å². The van der Waals surface area contributed by atoms with Crippen LogP contribution in [0.4, 0.5) is 0 Å². The predicted octanol–water partition coefficient (Wildman–Crippen LogP) is -1.29. The molecule has 0 spiro atoms. The van der Waals surface area contributed by atoms with Crippen LogP contribution in [0.25, 0.3) is 0 Å². The molecule has 1 aliphatic carbocycles. The minimum atomic E-state index is -4.94. The second-order valence-corrected chi connectivity index (χ2v) is 5.80. The molecule has 5 nitrogen and oxygen atoms in total. The van der Waals surface area contributed by atoms with Crippen LogP contribution in [0, 0.1) is 10.2 Å². The Morgan fingerprint density at radius 3 is 2.05 bits per heavy atom. The molecule has 0 aromatic heterocycles. The molecule has 1 aromatic carbocycles. The highest BCUT2D eigenvalue weighted by Gasteiger charge is 2.21. The minimum absolute atomic E-state index is 0.777. The van der Waals surface area contributed by atoms with Crippen molar-refractivity contribution >= 4 is 6.21 Å². The Balaban J connectivity index is 0.000000383. The molecule has 0 atom stereocenters. The maximum Gasteiger partial charge on any atom is 0.170 e. The first-order chi connectivity index (χ1) is 9.90. The summed E-state index contributed by atoms with van der Waals surface area (Å²) >= 11 is 0. The summed E-state index contributed by atoms with van der Waals surface area (Å²) in [4.78, 5) is 0. The lowest BCUT2D eigenvalue weighted by molar-refractivity contribution is -2.00. The molecule has 1 aliphatic rings. The molecule has 21 heavy (non-hydrogen) atoms. The van der Waals surface area contributed by atoms with Crippen LogP contribution in [-0.4, -0.2) is 23.4 Å². The first kappa shape index (κ1) is 18.1. The molecule has 118 valence electrons. The first-order valence-electron chi connectivity index (χ1n) is 7.17. The van der Waals surface area contributed by atoms with Gasteiger partial charge in [-0.3, -0.25) is 0 Å². The fourth-order valence-electron chi connectivity index (χ4n) is 2.60. The molecular weight excluding hydrogens is 294 g/mol. The van der Waals surface area contributed by atoms with Crippen LogP contribution in [0.2, 0.25) is 0 Å². The summed E-state index contributed by atoms with van der Waals surface area (Å²) < 4.78 is 36.5. The number of halogens is 1. The summed E-state index contributed by atoms with van der Waals surface area (Å²) in [7, 11) is -4.94. The second kappa shape index (κ2) is 9.12. The largest absolute Gasteiger partial charge is 0.233 e. The van der Waals surface area contributed by atoms with Crippen LogP contribution < -0.4 is 18.6 Å². The van der Waals surface area contributed by atoms with Crippen molar-refractivity contribution < 1.29 is 33.5 Å². The molecule has 0 bridgehead atoms. The molecule has 1 fully saturated rings. The molecule has 0 N–H and O–H groups in total. The van der Waals surface area contributed by atoms with E-state index in [-0.39, 0.29) is 0 Å². The van der Waals surface area contributed by atoms with E-state index in [1.807, 2.05) is 0 Å². The summed E-state index contributed by atoms with van der Waals surface area (Å²) in [5, 5.41) is 0. The smallest absolute Gasteiger partial charge is 0.170 e. The van der Waals surface area contributed by atoms with E-state index in [0.29, 0.717) is 0 Å². The van der Waals surface area contributed by atoms with E-state index in [1.54, 1.807) is 0 Å². The monoisotopic (exact) mass is 315 g/mol. The number of rotatable bonds is 3. The Labute approximate surface area is 127 Å². The zero-order valence-electron chi connectivity index (χ0n) is 12.2. The lowest BCUT2D eigenvalue weighted by Gasteiger charge is -2.19. The van der Waals surface area contributed by atoms with Crippen molar-refractivity contribution in [3.8, 4) is 0 Å². The summed E-state index contributed by atoms with van der Waals surface area (Å²) in [6, 6.07) is 11.4. The molecule has 0 radical (unpaired) electrons. The highest BCUT2D eigenvalue weighted by atomic mass is 35.7. The fraction of sp³-hybridized carbons (Fsp3) is 0.533. The van der Waals surface area contributed by atoms with Crippen molar-refractivity contribution in [1.82, 2.24) is 0 Å². The van der Waals surface area contributed by atoms with Gasteiger partial charge in [0.05, 0.1) is 0 Å². The van der Waals surface area contributed by atoms with Crippen LogP contribution >= 0.6 is 0 Å². The van der Waals surface area contributed by atoms with Gasteiger partial charge < -0.3 is 0 Å². The Kier molecular flexibility index (Phi) is 7.85. The molecule has 0 heterocycles. The number of hydrogen-bond acceptors (Lipinski definition) is 4. The second-order valence-electron chi connectivity index (χ2n) is 5.04. The first-order valence-corrected chi connectivity index (χ1v) is 8.41. The van der Waals surface area contributed by atoms with Gasteiger partial charge in [-0.05, 0) is 31.9 Å².